The molecule has 0 unspecified atom stereocenters. The van der Waals surface area contributed by atoms with E-state index in [1.807, 2.05) is 21.1 Å². The standard InChI is InChI=1S/C30H43N3O2S/c1-3-4-5-6-7-11-14-29(35)33-21-20-32(23-24(33)2)28(34)16-19-31-18-15-27-26(17-22-36-27)30(31)25-12-9-8-10-13-25/h8-10,12-13,17,22,24,30H,3-7,11,14-16,18-21,23H2,1-2H3/t24-,30-/m0/s1. The van der Waals surface area contributed by atoms with Crippen molar-refractivity contribution in [3.8, 4) is 0 Å². The molecule has 2 aliphatic heterocycles. The smallest absolute Gasteiger partial charge is 0.223 e. The van der Waals surface area contributed by atoms with Gasteiger partial charge in [0, 0.05) is 56.5 Å². The molecule has 36 heavy (non-hydrogen) atoms. The van der Waals surface area contributed by atoms with Crippen LogP contribution in [0.2, 0.25) is 0 Å². The zero-order chi connectivity index (χ0) is 25.3. The summed E-state index contributed by atoms with van der Waals surface area (Å²) in [4.78, 5) is 33.9. The highest BCUT2D eigenvalue weighted by molar-refractivity contribution is 7.10. The lowest BCUT2D eigenvalue weighted by Crippen LogP contribution is -2.55. The van der Waals surface area contributed by atoms with Crippen molar-refractivity contribution in [2.75, 3.05) is 32.7 Å². The summed E-state index contributed by atoms with van der Waals surface area (Å²) in [6.07, 6.45) is 9.41. The number of carbonyl (C=O) groups is 2. The summed E-state index contributed by atoms with van der Waals surface area (Å²) in [7, 11) is 0. The number of carbonyl (C=O) groups excluding carboxylic acids is 2. The van der Waals surface area contributed by atoms with E-state index in [1.54, 1.807) is 0 Å². The van der Waals surface area contributed by atoms with Crippen LogP contribution in [0.1, 0.15) is 87.3 Å². The van der Waals surface area contributed by atoms with Gasteiger partial charge in [-0.2, -0.15) is 0 Å². The van der Waals surface area contributed by atoms with Crippen LogP contribution in [0.3, 0.4) is 0 Å². The zero-order valence-corrected chi connectivity index (χ0v) is 23.0. The minimum Gasteiger partial charge on any atom is -0.339 e. The first-order valence-corrected chi connectivity index (χ1v) is 14.9. The molecule has 1 fully saturated rings. The number of unbranched alkanes of at least 4 members (excludes halogenated alkanes) is 5. The van der Waals surface area contributed by atoms with Crippen molar-refractivity contribution in [2.45, 2.75) is 83.7 Å². The van der Waals surface area contributed by atoms with Gasteiger partial charge in [0.25, 0.3) is 0 Å². The van der Waals surface area contributed by atoms with Crippen molar-refractivity contribution in [3.05, 3.63) is 57.8 Å². The summed E-state index contributed by atoms with van der Waals surface area (Å²) in [5.41, 5.74) is 2.70. The zero-order valence-electron chi connectivity index (χ0n) is 22.2. The van der Waals surface area contributed by atoms with Crippen molar-refractivity contribution in [1.82, 2.24) is 14.7 Å². The molecule has 4 rings (SSSR count). The fourth-order valence-corrected chi connectivity index (χ4v) is 6.69. The minimum absolute atomic E-state index is 0.0932. The predicted octanol–water partition coefficient (Wildman–Crippen LogP) is 5.90. The van der Waals surface area contributed by atoms with Gasteiger partial charge in [0.2, 0.25) is 11.8 Å². The molecule has 5 nitrogen and oxygen atoms in total. The van der Waals surface area contributed by atoms with Crippen LogP contribution in [0.25, 0.3) is 0 Å². The topological polar surface area (TPSA) is 43.9 Å². The maximum atomic E-state index is 13.2. The van der Waals surface area contributed by atoms with Gasteiger partial charge in [0.05, 0.1) is 6.04 Å². The van der Waals surface area contributed by atoms with E-state index in [0.717, 1.165) is 32.4 Å². The van der Waals surface area contributed by atoms with Crippen LogP contribution >= 0.6 is 11.3 Å². The van der Waals surface area contributed by atoms with E-state index in [9.17, 15) is 9.59 Å². The molecule has 6 heteroatoms. The van der Waals surface area contributed by atoms with Gasteiger partial charge in [-0.1, -0.05) is 69.4 Å². The second-order valence-electron chi connectivity index (χ2n) is 10.4. The average Bonchev–Trinajstić information content (AvgIpc) is 3.38. The van der Waals surface area contributed by atoms with E-state index < -0.39 is 0 Å². The van der Waals surface area contributed by atoms with Crippen molar-refractivity contribution in [2.24, 2.45) is 0 Å². The molecule has 2 atom stereocenters. The molecule has 196 valence electrons. The van der Waals surface area contributed by atoms with Crippen LogP contribution in [0.5, 0.6) is 0 Å². The van der Waals surface area contributed by atoms with Gasteiger partial charge in [-0.3, -0.25) is 14.5 Å². The van der Waals surface area contributed by atoms with E-state index in [-0.39, 0.29) is 23.9 Å². The predicted molar refractivity (Wildman–Crippen MR) is 148 cm³/mol. The summed E-state index contributed by atoms with van der Waals surface area (Å²) >= 11 is 1.85. The summed E-state index contributed by atoms with van der Waals surface area (Å²) in [6.45, 7) is 8.03. The number of hydrogen-bond donors (Lipinski definition) is 0. The third-order valence-electron chi connectivity index (χ3n) is 7.84. The number of nitrogens with zero attached hydrogens (tertiary/aromatic N) is 3. The SMILES string of the molecule is CCCCCCCCC(=O)N1CCN(C(=O)CCN2CCc3sccc3[C@@H]2c2ccccc2)C[C@@H]1C. The monoisotopic (exact) mass is 509 g/mol. The summed E-state index contributed by atoms with van der Waals surface area (Å²) in [6, 6.07) is 13.3. The maximum Gasteiger partial charge on any atom is 0.223 e. The van der Waals surface area contributed by atoms with E-state index in [0.29, 0.717) is 32.5 Å². The quantitative estimate of drug-likeness (QED) is 0.355. The van der Waals surface area contributed by atoms with Crippen LogP contribution in [-0.2, 0) is 16.0 Å². The van der Waals surface area contributed by atoms with Gasteiger partial charge in [-0.05, 0) is 42.3 Å². The Kier molecular flexibility index (Phi) is 9.99. The van der Waals surface area contributed by atoms with Crippen LogP contribution in [0.15, 0.2) is 41.8 Å². The van der Waals surface area contributed by atoms with Crippen molar-refractivity contribution >= 4 is 23.2 Å². The third-order valence-corrected chi connectivity index (χ3v) is 8.84. The molecule has 0 saturated carbocycles. The highest BCUT2D eigenvalue weighted by Crippen LogP contribution is 2.37. The second kappa shape index (κ2) is 13.4. The molecule has 0 N–H and O–H groups in total. The number of rotatable bonds is 11. The highest BCUT2D eigenvalue weighted by atomic mass is 32.1. The van der Waals surface area contributed by atoms with Gasteiger partial charge < -0.3 is 9.80 Å². The first-order valence-electron chi connectivity index (χ1n) is 14.0. The van der Waals surface area contributed by atoms with E-state index in [4.69, 9.17) is 0 Å². The summed E-state index contributed by atoms with van der Waals surface area (Å²) < 4.78 is 0. The summed E-state index contributed by atoms with van der Waals surface area (Å²) in [5.74, 6) is 0.475. The molecular formula is C30H43N3O2S. The Labute approximate surface area is 221 Å². The summed E-state index contributed by atoms with van der Waals surface area (Å²) in [5, 5.41) is 2.20. The van der Waals surface area contributed by atoms with E-state index in [1.165, 1.54) is 41.7 Å². The van der Waals surface area contributed by atoms with Gasteiger partial charge in [-0.25, -0.2) is 0 Å². The Morgan fingerprint density at radius 2 is 1.69 bits per heavy atom. The first-order chi connectivity index (χ1) is 17.6. The Bertz CT molecular complexity index is 976. The van der Waals surface area contributed by atoms with Crippen molar-refractivity contribution in [1.29, 1.82) is 0 Å². The molecule has 3 heterocycles. The van der Waals surface area contributed by atoms with Crippen LogP contribution in [-0.4, -0.2) is 65.3 Å². The Hall–Kier alpha value is -2.18. The minimum atomic E-state index is 0.0932. The normalized spacial score (nSPS) is 20.4. The number of hydrogen-bond acceptors (Lipinski definition) is 4. The Balaban J connectivity index is 1.26. The molecular weight excluding hydrogens is 466 g/mol. The van der Waals surface area contributed by atoms with Gasteiger partial charge >= 0.3 is 0 Å². The van der Waals surface area contributed by atoms with Crippen LogP contribution < -0.4 is 0 Å². The van der Waals surface area contributed by atoms with Crippen molar-refractivity contribution < 1.29 is 9.59 Å². The molecule has 2 aromatic rings. The van der Waals surface area contributed by atoms with Crippen LogP contribution in [0.4, 0.5) is 0 Å². The molecule has 2 amide bonds. The van der Waals surface area contributed by atoms with E-state index >= 15 is 0 Å². The molecule has 1 saturated heterocycles. The number of amides is 2. The molecule has 1 aromatic carbocycles. The molecule has 0 bridgehead atoms. The lowest BCUT2D eigenvalue weighted by atomic mass is 9.93. The number of benzene rings is 1. The van der Waals surface area contributed by atoms with Crippen LogP contribution in [0, 0.1) is 0 Å². The average molecular weight is 510 g/mol. The van der Waals surface area contributed by atoms with Gasteiger partial charge in [0.1, 0.15) is 0 Å². The largest absolute Gasteiger partial charge is 0.339 e. The first kappa shape index (κ1) is 26.9. The second-order valence-corrected chi connectivity index (χ2v) is 11.4. The fraction of sp³-hybridized carbons (Fsp3) is 0.600. The van der Waals surface area contributed by atoms with Gasteiger partial charge in [0.15, 0.2) is 0 Å². The Morgan fingerprint density at radius 3 is 2.47 bits per heavy atom. The molecule has 0 aliphatic carbocycles. The maximum absolute atomic E-state index is 13.2. The van der Waals surface area contributed by atoms with E-state index in [2.05, 4.69) is 60.5 Å². The van der Waals surface area contributed by atoms with Gasteiger partial charge in [-0.15, -0.1) is 11.3 Å². The fourth-order valence-electron chi connectivity index (χ4n) is 5.79. The molecule has 0 radical (unpaired) electrons. The third kappa shape index (κ3) is 6.77. The number of piperazine rings is 1. The van der Waals surface area contributed by atoms with Crippen molar-refractivity contribution in [3.63, 3.8) is 0 Å². The highest BCUT2D eigenvalue weighted by Gasteiger charge is 2.32. The molecule has 1 aromatic heterocycles. The Morgan fingerprint density at radius 1 is 0.917 bits per heavy atom. The lowest BCUT2D eigenvalue weighted by molar-refractivity contribution is -0.142. The lowest BCUT2D eigenvalue weighted by Gasteiger charge is -2.41. The number of thiophene rings is 1. The molecule has 0 spiro atoms. The number of fused-ring (bicyclic) bond motifs is 1. The molecule has 2 aliphatic rings.